The molecule has 2 N–H and O–H groups in total. The normalized spacial score (nSPS) is 22.7. The fourth-order valence-corrected chi connectivity index (χ4v) is 3.05. The maximum Gasteiger partial charge on any atom is 0.0914 e. The minimum Gasteiger partial charge on any atom is -0.387 e. The number of rotatable bonds is 5. The summed E-state index contributed by atoms with van der Waals surface area (Å²) in [4.78, 5) is 4.17. The maximum atomic E-state index is 10.4. The van der Waals surface area contributed by atoms with Crippen molar-refractivity contribution in [3.8, 4) is 0 Å². The lowest BCUT2D eigenvalue weighted by Crippen LogP contribution is -2.38. The molecule has 1 aliphatic rings. The first-order chi connectivity index (χ1) is 11.2. The van der Waals surface area contributed by atoms with Gasteiger partial charge in [0.25, 0.3) is 0 Å². The molecule has 3 atom stereocenters. The minimum atomic E-state index is -0.477. The number of nitrogens with one attached hydrogen (secondary N) is 1. The summed E-state index contributed by atoms with van der Waals surface area (Å²) in [6, 6.07) is 12.4. The topological polar surface area (TPSA) is 54.4 Å². The predicted molar refractivity (Wildman–Crippen MR) is 90.1 cm³/mol. The van der Waals surface area contributed by atoms with Crippen LogP contribution in [0.1, 0.15) is 41.7 Å². The van der Waals surface area contributed by atoms with Crippen LogP contribution in [0.5, 0.6) is 0 Å². The van der Waals surface area contributed by atoms with Crippen molar-refractivity contribution in [2.45, 2.75) is 38.0 Å². The van der Waals surface area contributed by atoms with Crippen LogP contribution < -0.4 is 5.32 Å². The van der Waals surface area contributed by atoms with Gasteiger partial charge in [-0.3, -0.25) is 4.98 Å². The molecule has 1 unspecified atom stereocenters. The molecule has 4 nitrogen and oxygen atoms in total. The number of hydrogen-bond acceptors (Lipinski definition) is 4. The lowest BCUT2D eigenvalue weighted by Gasteiger charge is -2.31. The fourth-order valence-electron chi connectivity index (χ4n) is 3.05. The van der Waals surface area contributed by atoms with Crippen LogP contribution in [0.2, 0.25) is 0 Å². The van der Waals surface area contributed by atoms with Crippen LogP contribution in [0, 0.1) is 6.92 Å². The molecule has 4 heteroatoms. The van der Waals surface area contributed by atoms with Gasteiger partial charge in [-0.1, -0.05) is 35.9 Å². The third-order valence-corrected chi connectivity index (χ3v) is 4.37. The van der Waals surface area contributed by atoms with Gasteiger partial charge in [0.1, 0.15) is 0 Å². The van der Waals surface area contributed by atoms with Crippen LogP contribution in [-0.2, 0) is 4.74 Å². The molecule has 1 fully saturated rings. The molecular weight excluding hydrogens is 288 g/mol. The first-order valence-electron chi connectivity index (χ1n) is 8.22. The number of pyridine rings is 1. The number of aryl methyl sites for hydroxylation is 1. The molecule has 0 saturated carbocycles. The molecule has 122 valence electrons. The number of ether oxygens (including phenoxy) is 1. The molecule has 2 aromatic rings. The van der Waals surface area contributed by atoms with Crippen LogP contribution in [-0.4, -0.2) is 29.3 Å². The van der Waals surface area contributed by atoms with Crippen LogP contribution >= 0.6 is 0 Å². The van der Waals surface area contributed by atoms with Gasteiger partial charge in [-0.25, -0.2) is 0 Å². The Hall–Kier alpha value is -1.75. The summed E-state index contributed by atoms with van der Waals surface area (Å²) < 4.78 is 5.86. The van der Waals surface area contributed by atoms with Crippen molar-refractivity contribution >= 4 is 0 Å². The van der Waals surface area contributed by atoms with Gasteiger partial charge in [0.2, 0.25) is 0 Å². The highest BCUT2D eigenvalue weighted by Gasteiger charge is 2.24. The van der Waals surface area contributed by atoms with Crippen molar-refractivity contribution in [2.75, 3.05) is 13.2 Å². The van der Waals surface area contributed by atoms with E-state index < -0.39 is 6.10 Å². The highest BCUT2D eigenvalue weighted by Crippen LogP contribution is 2.27. The van der Waals surface area contributed by atoms with E-state index in [2.05, 4.69) is 16.4 Å². The smallest absolute Gasteiger partial charge is 0.0914 e. The zero-order valence-corrected chi connectivity index (χ0v) is 13.5. The number of nitrogens with zero attached hydrogens (tertiary/aromatic N) is 1. The third-order valence-electron chi connectivity index (χ3n) is 4.37. The van der Waals surface area contributed by atoms with Gasteiger partial charge >= 0.3 is 0 Å². The SMILES string of the molecule is Cc1cccc(C(O)CN[C@@H]2CCO[C@@H](c3cccnc3)C2)c1. The summed E-state index contributed by atoms with van der Waals surface area (Å²) in [6.07, 6.45) is 5.14. The molecule has 2 heterocycles. The summed E-state index contributed by atoms with van der Waals surface area (Å²) in [5.41, 5.74) is 3.26. The maximum absolute atomic E-state index is 10.4. The van der Waals surface area contributed by atoms with Gasteiger partial charge in [-0.05, 0) is 37.0 Å². The van der Waals surface area contributed by atoms with E-state index in [1.54, 1.807) is 6.20 Å². The van der Waals surface area contributed by atoms with Gasteiger partial charge in [-0.15, -0.1) is 0 Å². The predicted octanol–water partition coefficient (Wildman–Crippen LogP) is 2.93. The van der Waals surface area contributed by atoms with Gasteiger partial charge in [0, 0.05) is 31.6 Å². The van der Waals surface area contributed by atoms with Gasteiger partial charge in [0.15, 0.2) is 0 Å². The number of aliphatic hydroxyl groups excluding tert-OH is 1. The highest BCUT2D eigenvalue weighted by atomic mass is 16.5. The second kappa shape index (κ2) is 7.68. The average Bonchev–Trinajstić information content (AvgIpc) is 2.61. The lowest BCUT2D eigenvalue weighted by atomic mass is 9.98. The van der Waals surface area contributed by atoms with E-state index in [1.807, 2.05) is 43.5 Å². The number of aliphatic hydroxyl groups is 1. The fraction of sp³-hybridized carbons (Fsp3) is 0.421. The largest absolute Gasteiger partial charge is 0.387 e. The van der Waals surface area contributed by atoms with E-state index in [0.717, 1.165) is 30.6 Å². The summed E-state index contributed by atoms with van der Waals surface area (Å²) in [6.45, 7) is 3.34. The Morgan fingerprint density at radius 3 is 3.04 bits per heavy atom. The molecule has 3 rings (SSSR count). The average molecular weight is 312 g/mol. The van der Waals surface area contributed by atoms with Crippen LogP contribution in [0.25, 0.3) is 0 Å². The van der Waals surface area contributed by atoms with E-state index in [-0.39, 0.29) is 6.10 Å². The van der Waals surface area contributed by atoms with Gasteiger partial charge < -0.3 is 15.2 Å². The van der Waals surface area contributed by atoms with Crippen molar-refractivity contribution in [1.29, 1.82) is 0 Å². The number of aromatic nitrogens is 1. The second-order valence-electron chi connectivity index (χ2n) is 6.21. The number of benzene rings is 1. The van der Waals surface area contributed by atoms with Crippen LogP contribution in [0.15, 0.2) is 48.8 Å². The molecule has 0 spiro atoms. The molecule has 0 aliphatic carbocycles. The molecule has 1 aromatic heterocycles. The quantitative estimate of drug-likeness (QED) is 0.891. The van der Waals surface area contributed by atoms with E-state index >= 15 is 0 Å². The Bertz CT molecular complexity index is 618. The third kappa shape index (κ3) is 4.38. The molecule has 1 saturated heterocycles. The van der Waals surface area contributed by atoms with Crippen molar-refractivity contribution < 1.29 is 9.84 Å². The van der Waals surface area contributed by atoms with Gasteiger partial charge in [-0.2, -0.15) is 0 Å². The Labute approximate surface area is 137 Å². The van der Waals surface area contributed by atoms with E-state index in [0.29, 0.717) is 12.6 Å². The monoisotopic (exact) mass is 312 g/mol. The van der Waals surface area contributed by atoms with Crippen LogP contribution in [0.4, 0.5) is 0 Å². The van der Waals surface area contributed by atoms with E-state index in [4.69, 9.17) is 4.74 Å². The summed E-state index contributed by atoms with van der Waals surface area (Å²) in [7, 11) is 0. The standard InChI is InChI=1S/C19H24N2O2/c1-14-4-2-5-15(10-14)18(22)13-21-17-7-9-23-19(11-17)16-6-3-8-20-12-16/h2-6,8,10,12,17-19,21-22H,7,9,11,13H2,1H3/t17-,18?,19-/m1/s1. The lowest BCUT2D eigenvalue weighted by molar-refractivity contribution is -0.00199. The van der Waals surface area contributed by atoms with Crippen molar-refractivity contribution in [3.63, 3.8) is 0 Å². The zero-order valence-electron chi connectivity index (χ0n) is 13.5. The summed E-state index contributed by atoms with van der Waals surface area (Å²) in [5, 5.41) is 13.8. The zero-order chi connectivity index (χ0) is 16.1. The van der Waals surface area contributed by atoms with Crippen LogP contribution in [0.3, 0.4) is 0 Å². The van der Waals surface area contributed by atoms with Crippen molar-refractivity contribution in [2.24, 2.45) is 0 Å². The van der Waals surface area contributed by atoms with E-state index in [1.165, 1.54) is 5.56 Å². The molecule has 0 amide bonds. The molecule has 1 aromatic carbocycles. The molecule has 1 aliphatic heterocycles. The Morgan fingerprint density at radius 1 is 1.35 bits per heavy atom. The van der Waals surface area contributed by atoms with Crippen molar-refractivity contribution in [3.05, 3.63) is 65.5 Å². The molecule has 0 radical (unpaired) electrons. The summed E-state index contributed by atoms with van der Waals surface area (Å²) >= 11 is 0. The Morgan fingerprint density at radius 2 is 2.26 bits per heavy atom. The van der Waals surface area contributed by atoms with E-state index in [9.17, 15) is 5.11 Å². The summed E-state index contributed by atoms with van der Waals surface area (Å²) in [5.74, 6) is 0. The first-order valence-corrected chi connectivity index (χ1v) is 8.22. The van der Waals surface area contributed by atoms with Gasteiger partial charge in [0.05, 0.1) is 12.2 Å². The molecular formula is C19H24N2O2. The van der Waals surface area contributed by atoms with Crippen molar-refractivity contribution in [1.82, 2.24) is 10.3 Å². The minimum absolute atomic E-state index is 0.0889. The first kappa shape index (κ1) is 16.1. The molecule has 0 bridgehead atoms. The second-order valence-corrected chi connectivity index (χ2v) is 6.21. The molecule has 23 heavy (non-hydrogen) atoms. The Balaban J connectivity index is 1.54. The Kier molecular flexibility index (Phi) is 5.39. The highest BCUT2D eigenvalue weighted by molar-refractivity contribution is 5.24. The number of hydrogen-bond donors (Lipinski definition) is 2.